The van der Waals surface area contributed by atoms with Gasteiger partial charge in [0.2, 0.25) is 0 Å². The van der Waals surface area contributed by atoms with E-state index in [0.717, 1.165) is 11.1 Å². The summed E-state index contributed by atoms with van der Waals surface area (Å²) < 4.78 is 5.14. The Balaban J connectivity index is 3.02. The Hall–Kier alpha value is -2.24. The first kappa shape index (κ1) is 19.8. The van der Waals surface area contributed by atoms with E-state index in [-0.39, 0.29) is 11.8 Å². The summed E-state index contributed by atoms with van der Waals surface area (Å²) >= 11 is 0. The molecule has 6 heteroatoms. The third-order valence-electron chi connectivity index (χ3n) is 3.36. The fraction of sp³-hybridized carbons (Fsp3) is 0.556. The van der Waals surface area contributed by atoms with Crippen molar-refractivity contribution in [1.82, 2.24) is 5.32 Å². The number of alkyl carbamates (subject to hydrolysis) is 1. The number of carboxylic acid groups (broad SMARTS) is 1. The van der Waals surface area contributed by atoms with Crippen LogP contribution in [0.3, 0.4) is 0 Å². The largest absolute Gasteiger partial charge is 0.480 e. The molecule has 0 aliphatic heterocycles. The number of amides is 1. The van der Waals surface area contributed by atoms with Gasteiger partial charge in [0.15, 0.2) is 0 Å². The van der Waals surface area contributed by atoms with Gasteiger partial charge in [0.25, 0.3) is 0 Å². The van der Waals surface area contributed by atoms with Gasteiger partial charge in [-0.3, -0.25) is 0 Å². The lowest BCUT2D eigenvalue weighted by molar-refractivity contribution is -0.139. The number of carbonyl (C=O) groups excluding carboxylic acids is 1. The van der Waals surface area contributed by atoms with Crippen molar-refractivity contribution in [2.75, 3.05) is 5.73 Å². The van der Waals surface area contributed by atoms with Gasteiger partial charge in [0.1, 0.15) is 11.6 Å². The number of ether oxygens (including phenoxy) is 1. The number of nitrogens with one attached hydrogen (secondary N) is 1. The van der Waals surface area contributed by atoms with Crippen LogP contribution >= 0.6 is 0 Å². The number of nitrogens with two attached hydrogens (primary N) is 1. The Labute approximate surface area is 143 Å². The van der Waals surface area contributed by atoms with E-state index in [9.17, 15) is 14.7 Å². The Bertz CT molecular complexity index is 612. The van der Waals surface area contributed by atoms with Crippen molar-refractivity contribution in [3.63, 3.8) is 0 Å². The van der Waals surface area contributed by atoms with Crippen LogP contribution in [0.4, 0.5) is 10.5 Å². The third kappa shape index (κ3) is 6.10. The van der Waals surface area contributed by atoms with Crippen LogP contribution in [0.15, 0.2) is 18.2 Å². The predicted octanol–water partition coefficient (Wildman–Crippen LogP) is 3.09. The molecule has 24 heavy (non-hydrogen) atoms. The van der Waals surface area contributed by atoms with E-state index < -0.39 is 23.7 Å². The standard InChI is InChI=1S/C18H28N2O4/c1-17(2,3)13-10-12(19)8-7-11(13)9-14(15(21)22)20-16(23)24-18(4,5)6/h7-8,10,14H,9,19H2,1-6H3,(H,20,23)(H,21,22)/t14-/m0/s1. The molecule has 1 aromatic carbocycles. The molecule has 0 saturated carbocycles. The van der Waals surface area contributed by atoms with E-state index >= 15 is 0 Å². The number of aliphatic carboxylic acids is 1. The summed E-state index contributed by atoms with van der Waals surface area (Å²) in [6.07, 6.45) is -0.593. The van der Waals surface area contributed by atoms with Crippen molar-refractivity contribution in [1.29, 1.82) is 0 Å². The summed E-state index contributed by atoms with van der Waals surface area (Å²) in [5.41, 5.74) is 7.39. The minimum absolute atomic E-state index is 0.154. The summed E-state index contributed by atoms with van der Waals surface area (Å²) in [5.74, 6) is -1.11. The van der Waals surface area contributed by atoms with Gasteiger partial charge in [-0.2, -0.15) is 0 Å². The second-order valence-corrected chi connectivity index (χ2v) is 7.91. The van der Waals surface area contributed by atoms with Crippen LogP contribution in [0.25, 0.3) is 0 Å². The maximum absolute atomic E-state index is 11.9. The van der Waals surface area contributed by atoms with Gasteiger partial charge in [-0.25, -0.2) is 9.59 Å². The summed E-state index contributed by atoms with van der Waals surface area (Å²) in [5, 5.41) is 11.9. The normalized spacial score (nSPS) is 13.2. The predicted molar refractivity (Wildman–Crippen MR) is 94.1 cm³/mol. The first-order valence-electron chi connectivity index (χ1n) is 7.91. The number of hydrogen-bond acceptors (Lipinski definition) is 4. The van der Waals surface area contributed by atoms with Crippen molar-refractivity contribution >= 4 is 17.7 Å². The molecule has 0 unspecified atom stereocenters. The fourth-order valence-corrected chi connectivity index (χ4v) is 2.34. The monoisotopic (exact) mass is 336 g/mol. The minimum Gasteiger partial charge on any atom is -0.480 e. The highest BCUT2D eigenvalue weighted by atomic mass is 16.6. The van der Waals surface area contributed by atoms with Crippen molar-refractivity contribution < 1.29 is 19.4 Å². The number of anilines is 1. The summed E-state index contributed by atoms with van der Waals surface area (Å²) in [4.78, 5) is 23.4. The molecule has 1 aromatic rings. The number of hydrogen-bond donors (Lipinski definition) is 3. The first-order chi connectivity index (χ1) is 10.8. The van der Waals surface area contributed by atoms with Crippen molar-refractivity contribution in [2.45, 2.75) is 65.0 Å². The second-order valence-electron chi connectivity index (χ2n) is 7.91. The Kier molecular flexibility index (Phi) is 5.87. The molecule has 134 valence electrons. The molecule has 1 rings (SSSR count). The van der Waals surface area contributed by atoms with E-state index in [4.69, 9.17) is 10.5 Å². The molecule has 0 aliphatic rings. The number of benzene rings is 1. The van der Waals surface area contributed by atoms with E-state index in [1.807, 2.05) is 32.9 Å². The number of carbonyl (C=O) groups is 2. The summed E-state index contributed by atoms with van der Waals surface area (Å²) in [6.45, 7) is 11.3. The molecule has 4 N–H and O–H groups in total. The lowest BCUT2D eigenvalue weighted by Gasteiger charge is -2.26. The van der Waals surface area contributed by atoms with Gasteiger partial charge in [-0.05, 0) is 49.4 Å². The SMILES string of the molecule is CC(C)(C)OC(=O)N[C@@H](Cc1ccc(N)cc1C(C)(C)C)C(=O)O. The van der Waals surface area contributed by atoms with Gasteiger partial charge < -0.3 is 20.9 Å². The minimum atomic E-state index is -1.11. The zero-order chi connectivity index (χ0) is 18.7. The zero-order valence-electron chi connectivity index (χ0n) is 15.3. The molecular formula is C18H28N2O4. The quantitative estimate of drug-likeness (QED) is 0.733. The second kappa shape index (κ2) is 7.11. The smallest absolute Gasteiger partial charge is 0.408 e. The van der Waals surface area contributed by atoms with E-state index in [0.29, 0.717) is 5.69 Å². The number of rotatable bonds is 4. The molecule has 0 heterocycles. The first-order valence-corrected chi connectivity index (χ1v) is 7.91. The van der Waals surface area contributed by atoms with Crippen LogP contribution in [-0.4, -0.2) is 28.8 Å². The average molecular weight is 336 g/mol. The van der Waals surface area contributed by atoms with Gasteiger partial charge in [0, 0.05) is 12.1 Å². The van der Waals surface area contributed by atoms with Gasteiger partial charge >= 0.3 is 12.1 Å². The Morgan fingerprint density at radius 3 is 2.25 bits per heavy atom. The highest BCUT2D eigenvalue weighted by Crippen LogP contribution is 2.28. The zero-order valence-corrected chi connectivity index (χ0v) is 15.3. The molecule has 0 bridgehead atoms. The van der Waals surface area contributed by atoms with Gasteiger partial charge in [-0.1, -0.05) is 26.8 Å². The summed E-state index contributed by atoms with van der Waals surface area (Å²) in [7, 11) is 0. The van der Waals surface area contributed by atoms with Crippen LogP contribution in [0.1, 0.15) is 52.7 Å². The average Bonchev–Trinajstić information content (AvgIpc) is 2.36. The molecular weight excluding hydrogens is 308 g/mol. The van der Waals surface area contributed by atoms with Crippen molar-refractivity contribution in [2.24, 2.45) is 0 Å². The molecule has 0 fully saturated rings. The van der Waals surface area contributed by atoms with Crippen molar-refractivity contribution in [3.8, 4) is 0 Å². The van der Waals surface area contributed by atoms with E-state index in [1.165, 1.54) is 0 Å². The molecule has 1 amide bonds. The van der Waals surface area contributed by atoms with Crippen LogP contribution in [-0.2, 0) is 21.4 Å². The van der Waals surface area contributed by atoms with Gasteiger partial charge in [0.05, 0.1) is 0 Å². The molecule has 0 aliphatic carbocycles. The molecule has 0 radical (unpaired) electrons. The van der Waals surface area contributed by atoms with Crippen LogP contribution in [0.2, 0.25) is 0 Å². The fourth-order valence-electron chi connectivity index (χ4n) is 2.34. The molecule has 0 aromatic heterocycles. The highest BCUT2D eigenvalue weighted by molar-refractivity contribution is 5.80. The number of carboxylic acids is 1. The molecule has 0 saturated heterocycles. The van der Waals surface area contributed by atoms with E-state index in [1.54, 1.807) is 26.8 Å². The van der Waals surface area contributed by atoms with Crippen LogP contribution in [0, 0.1) is 0 Å². The Morgan fingerprint density at radius 1 is 1.21 bits per heavy atom. The van der Waals surface area contributed by atoms with Crippen LogP contribution < -0.4 is 11.1 Å². The molecule has 1 atom stereocenters. The lowest BCUT2D eigenvalue weighted by atomic mass is 9.82. The third-order valence-corrected chi connectivity index (χ3v) is 3.36. The number of nitrogen functional groups attached to an aromatic ring is 1. The highest BCUT2D eigenvalue weighted by Gasteiger charge is 2.27. The molecule has 6 nitrogen and oxygen atoms in total. The molecule has 0 spiro atoms. The van der Waals surface area contributed by atoms with Crippen molar-refractivity contribution in [3.05, 3.63) is 29.3 Å². The maximum atomic E-state index is 11.9. The van der Waals surface area contributed by atoms with Crippen LogP contribution in [0.5, 0.6) is 0 Å². The lowest BCUT2D eigenvalue weighted by Crippen LogP contribution is -2.45. The Morgan fingerprint density at radius 2 is 1.79 bits per heavy atom. The van der Waals surface area contributed by atoms with Gasteiger partial charge in [-0.15, -0.1) is 0 Å². The van der Waals surface area contributed by atoms with E-state index in [2.05, 4.69) is 5.32 Å². The summed E-state index contributed by atoms with van der Waals surface area (Å²) in [6, 6.07) is 4.31. The maximum Gasteiger partial charge on any atom is 0.408 e. The topological polar surface area (TPSA) is 102 Å².